The van der Waals surface area contributed by atoms with Crippen LogP contribution in [0.1, 0.15) is 29.2 Å². The summed E-state index contributed by atoms with van der Waals surface area (Å²) in [5.41, 5.74) is 3.62. The third-order valence-corrected chi connectivity index (χ3v) is 6.60. The Kier molecular flexibility index (Phi) is 5.44. The number of hydrogen-bond donors (Lipinski definition) is 1. The van der Waals surface area contributed by atoms with Gasteiger partial charge in [0.15, 0.2) is 0 Å². The molecule has 0 bridgehead atoms. The van der Waals surface area contributed by atoms with E-state index in [0.717, 1.165) is 57.2 Å². The van der Waals surface area contributed by atoms with Gasteiger partial charge in [0.2, 0.25) is 0 Å². The summed E-state index contributed by atoms with van der Waals surface area (Å²) in [6.07, 6.45) is 2.06. The molecule has 1 saturated heterocycles. The number of benzene rings is 2. The molecule has 2 aromatic carbocycles. The Hall–Kier alpha value is -2.44. The SMILES string of the molecule is OCCN1CC[C@H]2OC(N3CCc4ccccc4[C@@H]3c3ccc(F)cc3)=NC[C@H]2C1. The Morgan fingerprint density at radius 2 is 1.93 bits per heavy atom. The van der Waals surface area contributed by atoms with E-state index in [0.29, 0.717) is 5.92 Å². The molecule has 5 nitrogen and oxygen atoms in total. The maximum Gasteiger partial charge on any atom is 0.288 e. The van der Waals surface area contributed by atoms with E-state index in [-0.39, 0.29) is 24.6 Å². The number of nitrogens with zero attached hydrogens (tertiary/aromatic N) is 3. The van der Waals surface area contributed by atoms with Crippen LogP contribution < -0.4 is 0 Å². The normalized spacial score (nSPS) is 26.4. The molecule has 3 atom stereocenters. The van der Waals surface area contributed by atoms with Gasteiger partial charge in [-0.3, -0.25) is 0 Å². The van der Waals surface area contributed by atoms with Gasteiger partial charge in [-0.15, -0.1) is 0 Å². The van der Waals surface area contributed by atoms with Crippen molar-refractivity contribution in [3.05, 3.63) is 71.0 Å². The molecule has 0 amide bonds. The second kappa shape index (κ2) is 8.36. The number of aliphatic imine (C=N–C) groups is 1. The van der Waals surface area contributed by atoms with Crippen LogP contribution in [0, 0.1) is 11.7 Å². The molecule has 2 aromatic rings. The number of rotatable bonds is 3. The Balaban J connectivity index is 1.44. The standard InChI is InChI=1S/C24H28FN3O2/c25-20-7-5-18(6-8-20)23-21-4-2-1-3-17(21)9-12-28(23)24-26-15-19-16-27(13-14-29)11-10-22(19)30-24/h1-8,19,22-23,29H,9-16H2/t19-,22+,23-/m0/s1. The van der Waals surface area contributed by atoms with E-state index in [1.807, 2.05) is 12.1 Å². The lowest BCUT2D eigenvalue weighted by atomic mass is 9.88. The Bertz CT molecular complexity index is 917. The summed E-state index contributed by atoms with van der Waals surface area (Å²) in [5.74, 6) is 0.147. The minimum absolute atomic E-state index is 0.0275. The molecule has 30 heavy (non-hydrogen) atoms. The lowest BCUT2D eigenvalue weighted by molar-refractivity contribution is 0.00736. The third-order valence-electron chi connectivity index (χ3n) is 6.60. The van der Waals surface area contributed by atoms with Gasteiger partial charge >= 0.3 is 0 Å². The van der Waals surface area contributed by atoms with Crippen LogP contribution in [0.3, 0.4) is 0 Å². The fraction of sp³-hybridized carbons (Fsp3) is 0.458. The molecule has 0 aliphatic carbocycles. The highest BCUT2D eigenvalue weighted by molar-refractivity contribution is 5.76. The Labute approximate surface area is 176 Å². The number of fused-ring (bicyclic) bond motifs is 2. The molecule has 1 fully saturated rings. The first kappa shape index (κ1) is 19.5. The van der Waals surface area contributed by atoms with Gasteiger partial charge in [0.1, 0.15) is 11.9 Å². The molecule has 158 valence electrons. The minimum Gasteiger partial charge on any atom is -0.461 e. The first-order chi connectivity index (χ1) is 14.7. The fourth-order valence-electron chi connectivity index (χ4n) is 5.06. The number of aliphatic hydroxyl groups excluding tert-OH is 1. The maximum absolute atomic E-state index is 13.6. The molecular formula is C24H28FN3O2. The highest BCUT2D eigenvalue weighted by Crippen LogP contribution is 2.37. The van der Waals surface area contributed by atoms with Crippen molar-refractivity contribution < 1.29 is 14.2 Å². The maximum atomic E-state index is 13.6. The first-order valence-corrected chi connectivity index (χ1v) is 10.9. The zero-order valence-corrected chi connectivity index (χ0v) is 17.1. The van der Waals surface area contributed by atoms with Gasteiger partial charge in [0.25, 0.3) is 6.02 Å². The van der Waals surface area contributed by atoms with Gasteiger partial charge in [-0.05, 0) is 41.7 Å². The van der Waals surface area contributed by atoms with E-state index in [1.165, 1.54) is 23.3 Å². The van der Waals surface area contributed by atoms with E-state index in [9.17, 15) is 9.50 Å². The fourth-order valence-corrected chi connectivity index (χ4v) is 5.06. The molecule has 0 spiro atoms. The number of amidine groups is 1. The van der Waals surface area contributed by atoms with Gasteiger partial charge in [0, 0.05) is 32.1 Å². The van der Waals surface area contributed by atoms with Crippen molar-refractivity contribution in [2.24, 2.45) is 10.9 Å². The summed E-state index contributed by atoms with van der Waals surface area (Å²) in [4.78, 5) is 9.41. The number of hydrogen-bond acceptors (Lipinski definition) is 5. The topological polar surface area (TPSA) is 48.3 Å². The highest BCUT2D eigenvalue weighted by Gasteiger charge is 2.38. The number of β-amino-alcohol motifs (C(OH)–C–C–N with tert-alkyl or cyclic N) is 1. The van der Waals surface area contributed by atoms with Crippen molar-refractivity contribution in [3.63, 3.8) is 0 Å². The average molecular weight is 410 g/mol. The third kappa shape index (κ3) is 3.70. The average Bonchev–Trinajstić information content (AvgIpc) is 2.79. The summed E-state index contributed by atoms with van der Waals surface area (Å²) < 4.78 is 20.1. The molecule has 5 rings (SSSR count). The molecule has 0 radical (unpaired) electrons. The number of piperidine rings is 1. The van der Waals surface area contributed by atoms with Crippen LogP contribution in [0.4, 0.5) is 4.39 Å². The number of likely N-dealkylation sites (tertiary alicyclic amines) is 1. The Morgan fingerprint density at radius 3 is 2.77 bits per heavy atom. The van der Waals surface area contributed by atoms with Gasteiger partial charge < -0.3 is 19.6 Å². The monoisotopic (exact) mass is 409 g/mol. The lowest BCUT2D eigenvalue weighted by Gasteiger charge is -2.45. The van der Waals surface area contributed by atoms with E-state index in [2.05, 4.69) is 34.1 Å². The van der Waals surface area contributed by atoms with Gasteiger partial charge in [-0.1, -0.05) is 36.4 Å². The second-order valence-electron chi connectivity index (χ2n) is 8.45. The largest absolute Gasteiger partial charge is 0.461 e. The van der Waals surface area contributed by atoms with E-state index in [4.69, 9.17) is 9.73 Å². The van der Waals surface area contributed by atoms with Crippen LogP contribution in [0.15, 0.2) is 53.5 Å². The van der Waals surface area contributed by atoms with Crippen molar-refractivity contribution in [1.29, 1.82) is 0 Å². The molecule has 0 unspecified atom stereocenters. The summed E-state index contributed by atoms with van der Waals surface area (Å²) in [5, 5.41) is 9.23. The van der Waals surface area contributed by atoms with Gasteiger partial charge in [0.05, 0.1) is 19.2 Å². The predicted molar refractivity (Wildman–Crippen MR) is 114 cm³/mol. The molecule has 3 heterocycles. The minimum atomic E-state index is -0.224. The molecule has 0 saturated carbocycles. The van der Waals surface area contributed by atoms with Crippen molar-refractivity contribution >= 4 is 6.02 Å². The summed E-state index contributed by atoms with van der Waals surface area (Å²) in [7, 11) is 0. The second-order valence-corrected chi connectivity index (χ2v) is 8.45. The van der Waals surface area contributed by atoms with E-state index >= 15 is 0 Å². The highest BCUT2D eigenvalue weighted by atomic mass is 19.1. The lowest BCUT2D eigenvalue weighted by Crippen LogP contribution is -2.52. The summed E-state index contributed by atoms with van der Waals surface area (Å²) in [6, 6.07) is 16.0. The molecule has 3 aliphatic heterocycles. The Morgan fingerprint density at radius 1 is 1.10 bits per heavy atom. The van der Waals surface area contributed by atoms with Crippen LogP contribution in [0.2, 0.25) is 0 Å². The quantitative estimate of drug-likeness (QED) is 0.847. The van der Waals surface area contributed by atoms with Crippen LogP contribution in [0.5, 0.6) is 0 Å². The summed E-state index contributed by atoms with van der Waals surface area (Å²) >= 11 is 0. The van der Waals surface area contributed by atoms with Gasteiger partial charge in [-0.25, -0.2) is 9.38 Å². The van der Waals surface area contributed by atoms with Crippen molar-refractivity contribution in [2.45, 2.75) is 25.0 Å². The molecule has 0 aromatic heterocycles. The number of ether oxygens (including phenoxy) is 1. The van der Waals surface area contributed by atoms with Crippen LogP contribution >= 0.6 is 0 Å². The number of aliphatic hydroxyl groups is 1. The predicted octanol–water partition coefficient (Wildman–Crippen LogP) is 2.84. The van der Waals surface area contributed by atoms with E-state index < -0.39 is 0 Å². The van der Waals surface area contributed by atoms with Crippen LogP contribution in [-0.2, 0) is 11.2 Å². The summed E-state index contributed by atoms with van der Waals surface area (Å²) in [6.45, 7) is 4.35. The van der Waals surface area contributed by atoms with Crippen LogP contribution in [0.25, 0.3) is 0 Å². The van der Waals surface area contributed by atoms with Crippen LogP contribution in [-0.4, -0.2) is 66.4 Å². The molecule has 3 aliphatic rings. The molecular weight excluding hydrogens is 381 g/mol. The zero-order chi connectivity index (χ0) is 20.5. The zero-order valence-electron chi connectivity index (χ0n) is 17.1. The molecule has 1 N–H and O–H groups in total. The van der Waals surface area contributed by atoms with Crippen molar-refractivity contribution in [3.8, 4) is 0 Å². The van der Waals surface area contributed by atoms with Crippen molar-refractivity contribution in [1.82, 2.24) is 9.80 Å². The molecule has 6 heteroatoms. The van der Waals surface area contributed by atoms with Crippen molar-refractivity contribution in [2.75, 3.05) is 39.3 Å². The number of halogens is 1. The van der Waals surface area contributed by atoms with E-state index in [1.54, 1.807) is 0 Å². The van der Waals surface area contributed by atoms with Gasteiger partial charge in [-0.2, -0.15) is 0 Å². The smallest absolute Gasteiger partial charge is 0.288 e. The first-order valence-electron chi connectivity index (χ1n) is 10.9.